The van der Waals surface area contributed by atoms with Gasteiger partial charge in [0.25, 0.3) is 0 Å². The Morgan fingerprint density at radius 2 is 0.424 bits per heavy atom. The van der Waals surface area contributed by atoms with Gasteiger partial charge in [0.2, 0.25) is 0 Å². The minimum atomic E-state index is -1.68. The van der Waals surface area contributed by atoms with Gasteiger partial charge in [0, 0.05) is 0 Å². The van der Waals surface area contributed by atoms with Gasteiger partial charge in [0.15, 0.2) is 0 Å². The Morgan fingerprint density at radius 1 is 0.333 bits per heavy atom. The SMILES string of the molecule is O=C([O-])c1cc(C(=O)[O-])cc(C(=O)[O-])c1.O=C([O-])c1cc(C(=O)[O-])cc(C(=O)[O-])c1.[Zn+2].[Zn+2].[Zn+2]. The summed E-state index contributed by atoms with van der Waals surface area (Å²) < 4.78 is 0. The van der Waals surface area contributed by atoms with Crippen LogP contribution in [0.15, 0.2) is 36.4 Å². The van der Waals surface area contributed by atoms with Crippen LogP contribution in [0.4, 0.5) is 0 Å². The van der Waals surface area contributed by atoms with Crippen LogP contribution in [0, 0.1) is 0 Å². The Bertz CT molecular complexity index is 838. The molecule has 0 aliphatic rings. The molecule has 12 nitrogen and oxygen atoms in total. The normalized spacial score (nSPS) is 8.73. The van der Waals surface area contributed by atoms with Crippen molar-refractivity contribution in [3.05, 3.63) is 69.8 Å². The topological polar surface area (TPSA) is 241 Å². The molecule has 0 saturated carbocycles. The number of carbonyl (C=O) groups excluding carboxylic acids is 6. The maximum absolute atomic E-state index is 10.4. The van der Waals surface area contributed by atoms with Crippen LogP contribution in [-0.4, -0.2) is 35.8 Å². The molecule has 156 valence electrons. The van der Waals surface area contributed by atoms with E-state index >= 15 is 0 Å². The van der Waals surface area contributed by atoms with Crippen LogP contribution < -0.4 is 30.6 Å². The van der Waals surface area contributed by atoms with Crippen molar-refractivity contribution >= 4 is 35.8 Å². The van der Waals surface area contributed by atoms with Crippen molar-refractivity contribution in [1.29, 1.82) is 0 Å². The first-order chi connectivity index (χ1) is 13.8. The summed E-state index contributed by atoms with van der Waals surface area (Å²) in [5.74, 6) is -10.1. The Balaban J connectivity index is -0.000000500. The van der Waals surface area contributed by atoms with Crippen LogP contribution in [0.2, 0.25) is 0 Å². The third-order valence-corrected chi connectivity index (χ3v) is 3.28. The van der Waals surface area contributed by atoms with E-state index in [0.29, 0.717) is 0 Å². The minimum absolute atomic E-state index is 0. The average molecular weight is 610 g/mol. The molecule has 2 aromatic rings. The molecule has 0 N–H and O–H groups in total. The van der Waals surface area contributed by atoms with E-state index in [9.17, 15) is 59.4 Å². The van der Waals surface area contributed by atoms with Gasteiger partial charge < -0.3 is 59.4 Å². The first kappa shape index (κ1) is 34.7. The summed E-state index contributed by atoms with van der Waals surface area (Å²) in [6.07, 6.45) is 0. The summed E-state index contributed by atoms with van der Waals surface area (Å²) >= 11 is 0. The van der Waals surface area contributed by atoms with Crippen molar-refractivity contribution in [3.63, 3.8) is 0 Å². The second-order valence-corrected chi connectivity index (χ2v) is 5.32. The fourth-order valence-corrected chi connectivity index (χ4v) is 1.96. The van der Waals surface area contributed by atoms with Crippen LogP contribution >= 0.6 is 0 Å². The first-order valence-electron chi connectivity index (χ1n) is 7.41. The van der Waals surface area contributed by atoms with E-state index in [2.05, 4.69) is 0 Å². The van der Waals surface area contributed by atoms with Gasteiger partial charge in [-0.15, -0.1) is 0 Å². The largest absolute Gasteiger partial charge is 2.00 e. The summed E-state index contributed by atoms with van der Waals surface area (Å²) in [6.45, 7) is 0. The number of rotatable bonds is 6. The van der Waals surface area contributed by atoms with E-state index < -0.39 is 69.2 Å². The van der Waals surface area contributed by atoms with Gasteiger partial charge in [-0.3, -0.25) is 0 Å². The molecule has 33 heavy (non-hydrogen) atoms. The maximum Gasteiger partial charge on any atom is 2.00 e. The zero-order chi connectivity index (χ0) is 23.2. The van der Waals surface area contributed by atoms with Crippen molar-refractivity contribution in [2.24, 2.45) is 0 Å². The molecule has 0 fully saturated rings. The van der Waals surface area contributed by atoms with E-state index in [1.165, 1.54) is 0 Å². The molecule has 0 radical (unpaired) electrons. The van der Waals surface area contributed by atoms with Crippen molar-refractivity contribution in [3.8, 4) is 0 Å². The van der Waals surface area contributed by atoms with Crippen LogP contribution in [0.1, 0.15) is 62.1 Å². The van der Waals surface area contributed by atoms with Gasteiger partial charge in [-0.1, -0.05) is 0 Å². The molecule has 0 heterocycles. The van der Waals surface area contributed by atoms with E-state index in [-0.39, 0.29) is 58.4 Å². The van der Waals surface area contributed by atoms with E-state index in [0.717, 1.165) is 36.4 Å². The number of benzene rings is 2. The predicted molar refractivity (Wildman–Crippen MR) is 78.9 cm³/mol. The average Bonchev–Trinajstić information content (AvgIpc) is 2.67. The third kappa shape index (κ3) is 10.5. The monoisotopic (exact) mass is 606 g/mol. The third-order valence-electron chi connectivity index (χ3n) is 3.28. The van der Waals surface area contributed by atoms with Crippen molar-refractivity contribution < 1.29 is 118 Å². The molecule has 0 amide bonds. The molecule has 0 atom stereocenters. The Morgan fingerprint density at radius 3 is 0.485 bits per heavy atom. The number of hydrogen-bond acceptors (Lipinski definition) is 12. The molecule has 0 bridgehead atoms. The van der Waals surface area contributed by atoms with Crippen LogP contribution in [-0.2, 0) is 58.4 Å². The number of hydrogen-bond donors (Lipinski definition) is 0. The van der Waals surface area contributed by atoms with Gasteiger partial charge >= 0.3 is 58.4 Å². The molecule has 15 heteroatoms. The second-order valence-electron chi connectivity index (χ2n) is 5.32. The molecule has 0 aromatic heterocycles. The molecular formula is C18H6O12Zn3. The molecule has 2 rings (SSSR count). The molecule has 2 aromatic carbocycles. The summed E-state index contributed by atoms with van der Waals surface area (Å²) in [5, 5.41) is 62.5. The molecule has 0 aliphatic carbocycles. The number of aromatic carboxylic acids is 6. The van der Waals surface area contributed by atoms with Gasteiger partial charge in [0.1, 0.15) is 0 Å². The summed E-state index contributed by atoms with van der Waals surface area (Å²) in [7, 11) is 0. The summed E-state index contributed by atoms with van der Waals surface area (Å²) in [5.41, 5.74) is -3.36. The first-order valence-corrected chi connectivity index (χ1v) is 7.41. The van der Waals surface area contributed by atoms with Crippen LogP contribution in [0.5, 0.6) is 0 Å². The zero-order valence-electron chi connectivity index (χ0n) is 16.5. The summed E-state index contributed by atoms with van der Waals surface area (Å²) in [6, 6.07) is 4.48. The standard InChI is InChI=1S/2C9H6O6.3Zn/c2*10-7(11)4-1-5(8(12)13)3-6(2-4)9(14)15;;;/h2*1-3H,(H,10,11)(H,12,13)(H,14,15);;;/q;;3*+2/p-6. The molecule has 0 aliphatic heterocycles. The van der Waals surface area contributed by atoms with Gasteiger partial charge in [0.05, 0.1) is 35.8 Å². The fourth-order valence-electron chi connectivity index (χ4n) is 1.96. The molecular weight excluding hydrogens is 604 g/mol. The quantitative estimate of drug-likeness (QED) is 0.277. The Hall–Kier alpha value is -2.87. The smallest absolute Gasteiger partial charge is 0.545 e. The summed E-state index contributed by atoms with van der Waals surface area (Å²) in [4.78, 5) is 62.5. The van der Waals surface area contributed by atoms with Crippen LogP contribution in [0.25, 0.3) is 0 Å². The number of carboxylic acids is 6. The fraction of sp³-hybridized carbons (Fsp3) is 0. The Labute approximate surface area is 222 Å². The molecule has 0 unspecified atom stereocenters. The van der Waals surface area contributed by atoms with Gasteiger partial charge in [-0.2, -0.15) is 0 Å². The molecule has 0 saturated heterocycles. The maximum atomic E-state index is 10.4. The van der Waals surface area contributed by atoms with E-state index in [1.807, 2.05) is 0 Å². The molecule has 0 spiro atoms. The van der Waals surface area contributed by atoms with Gasteiger partial charge in [-0.05, 0) is 69.8 Å². The Kier molecular flexibility index (Phi) is 15.8. The van der Waals surface area contributed by atoms with Crippen molar-refractivity contribution in [2.45, 2.75) is 0 Å². The zero-order valence-corrected chi connectivity index (χ0v) is 25.4. The van der Waals surface area contributed by atoms with Gasteiger partial charge in [-0.25, -0.2) is 0 Å². The van der Waals surface area contributed by atoms with E-state index in [4.69, 9.17) is 0 Å². The minimum Gasteiger partial charge on any atom is -0.545 e. The van der Waals surface area contributed by atoms with E-state index in [1.54, 1.807) is 0 Å². The second kappa shape index (κ2) is 15.1. The number of carbonyl (C=O) groups is 6. The van der Waals surface area contributed by atoms with Crippen molar-refractivity contribution in [2.75, 3.05) is 0 Å². The van der Waals surface area contributed by atoms with Crippen molar-refractivity contribution in [1.82, 2.24) is 0 Å². The van der Waals surface area contributed by atoms with Crippen LogP contribution in [0.3, 0.4) is 0 Å². The number of carboxylic acid groups (broad SMARTS) is 6. The predicted octanol–water partition coefficient (Wildman–Crippen LogP) is -6.45.